The van der Waals surface area contributed by atoms with Crippen molar-refractivity contribution in [3.05, 3.63) is 11.6 Å². The van der Waals surface area contributed by atoms with Gasteiger partial charge in [0.15, 0.2) is 12.6 Å². The van der Waals surface area contributed by atoms with E-state index in [0.717, 1.165) is 5.57 Å². The summed E-state index contributed by atoms with van der Waals surface area (Å²) in [5.74, 6) is -1.59. The second-order valence-electron chi connectivity index (χ2n) is 16.5. The Morgan fingerprint density at radius 1 is 0.843 bits per heavy atom. The van der Waals surface area contributed by atoms with Crippen LogP contribution in [0.5, 0.6) is 0 Å². The van der Waals surface area contributed by atoms with Gasteiger partial charge in [-0.1, -0.05) is 6.92 Å². The average molecular weight is 731 g/mol. The third-order valence-corrected chi connectivity index (χ3v) is 14.2. The molecule has 290 valence electrons. The van der Waals surface area contributed by atoms with E-state index in [-0.39, 0.29) is 38.2 Å². The summed E-state index contributed by atoms with van der Waals surface area (Å²) in [5.41, 5.74) is -3.77. The van der Waals surface area contributed by atoms with E-state index >= 15 is 0 Å². The van der Waals surface area contributed by atoms with Crippen molar-refractivity contribution in [1.29, 1.82) is 0 Å². The Morgan fingerprint density at radius 2 is 1.55 bits per heavy atom. The Labute approximate surface area is 295 Å². The lowest BCUT2D eigenvalue weighted by Gasteiger charge is -2.67. The summed E-state index contributed by atoms with van der Waals surface area (Å²) in [6.07, 6.45) is -12.3. The minimum absolute atomic E-state index is 0.0377. The summed E-state index contributed by atoms with van der Waals surface area (Å²) >= 11 is 0. The number of cyclic esters (lactones) is 1. The molecule has 0 unspecified atom stereocenters. The first-order valence-electron chi connectivity index (χ1n) is 18.3. The lowest BCUT2D eigenvalue weighted by Crippen LogP contribution is -2.72. The minimum atomic E-state index is -1.73. The van der Waals surface area contributed by atoms with Crippen molar-refractivity contribution in [1.82, 2.24) is 0 Å². The van der Waals surface area contributed by atoms with E-state index < -0.39 is 127 Å². The third-order valence-electron chi connectivity index (χ3n) is 14.2. The van der Waals surface area contributed by atoms with Gasteiger partial charge in [-0.05, 0) is 69.3 Å². The van der Waals surface area contributed by atoms with Crippen molar-refractivity contribution in [2.75, 3.05) is 19.8 Å². The first-order chi connectivity index (χ1) is 24.0. The van der Waals surface area contributed by atoms with Crippen LogP contribution in [-0.4, -0.2) is 162 Å². The van der Waals surface area contributed by atoms with Crippen LogP contribution in [0.25, 0.3) is 0 Å². The number of rotatable bonds is 7. The highest BCUT2D eigenvalue weighted by molar-refractivity contribution is 5.85. The first kappa shape index (κ1) is 37.9. The molecule has 2 saturated heterocycles. The highest BCUT2D eigenvalue weighted by Crippen LogP contribution is 2.70. The van der Waals surface area contributed by atoms with Gasteiger partial charge in [-0.25, -0.2) is 4.79 Å². The lowest BCUT2D eigenvalue weighted by molar-refractivity contribution is -0.363. The fraction of sp³-hybridized carbons (Fsp3) is 0.914. The van der Waals surface area contributed by atoms with Crippen LogP contribution in [-0.2, 0) is 28.5 Å². The number of fused-ring (bicyclic) bond motifs is 5. The van der Waals surface area contributed by atoms with E-state index in [1.165, 1.54) is 13.0 Å². The van der Waals surface area contributed by atoms with Crippen molar-refractivity contribution in [2.24, 2.45) is 28.6 Å². The molecule has 3 aliphatic heterocycles. The number of carbonyl (C=O) groups is 1. The quantitative estimate of drug-likeness (QED) is 0.0946. The molecule has 10 N–H and O–H groups in total. The summed E-state index contributed by atoms with van der Waals surface area (Å²) in [6, 6.07) is 0. The predicted molar refractivity (Wildman–Crippen MR) is 170 cm³/mol. The molecule has 4 saturated carbocycles. The molecule has 6 fully saturated rings. The Kier molecular flexibility index (Phi) is 10.0. The van der Waals surface area contributed by atoms with Crippen LogP contribution >= 0.6 is 0 Å². The zero-order valence-electron chi connectivity index (χ0n) is 28.9. The van der Waals surface area contributed by atoms with Gasteiger partial charge in [-0.15, -0.1) is 0 Å². The van der Waals surface area contributed by atoms with Gasteiger partial charge in [0.05, 0.1) is 42.7 Å². The molecule has 0 aromatic carbocycles. The smallest absolute Gasteiger partial charge is 0.331 e. The SMILES string of the molecule is C[C@H]1O[C@@H](O[C@H]2CC[C@]3(CO)[C@H]4[C@H](O)C[C@]5(C)[C@@H](C6=CC(=O)OC6)CC[C@]5(O)[C@@H]4CC[C@]3(O)C2)[C@H](O)[C@H](O)[C@@H]1O[C@@H]1O[C@H](CO)[C@@H](O)[C@@H](O)[C@H]1O. The Bertz CT molecular complexity index is 1350. The predicted octanol–water partition coefficient (Wildman–Crippen LogP) is -2.66. The number of aliphatic hydroxyl groups is 10. The Balaban J connectivity index is 1.04. The molecule has 16 heteroatoms. The second-order valence-corrected chi connectivity index (χ2v) is 16.5. The molecule has 16 nitrogen and oxygen atoms in total. The Morgan fingerprint density at radius 3 is 2.22 bits per heavy atom. The van der Waals surface area contributed by atoms with E-state index in [2.05, 4.69) is 0 Å². The van der Waals surface area contributed by atoms with Gasteiger partial charge in [0.2, 0.25) is 0 Å². The number of ether oxygens (including phenoxy) is 5. The number of esters is 1. The number of hydrogen-bond acceptors (Lipinski definition) is 16. The van der Waals surface area contributed by atoms with E-state index in [4.69, 9.17) is 23.7 Å². The van der Waals surface area contributed by atoms with Crippen molar-refractivity contribution >= 4 is 5.97 Å². The molecule has 0 radical (unpaired) electrons. The fourth-order valence-electron chi connectivity index (χ4n) is 11.5. The summed E-state index contributed by atoms with van der Waals surface area (Å²) < 4.78 is 28.4. The molecule has 7 rings (SSSR count). The third kappa shape index (κ3) is 5.67. The van der Waals surface area contributed by atoms with E-state index in [9.17, 15) is 55.9 Å². The first-order valence-corrected chi connectivity index (χ1v) is 18.3. The molecule has 7 aliphatic rings. The van der Waals surface area contributed by atoms with Crippen LogP contribution in [0.1, 0.15) is 65.2 Å². The van der Waals surface area contributed by atoms with Crippen LogP contribution in [0.4, 0.5) is 0 Å². The molecule has 0 aromatic rings. The molecule has 3 heterocycles. The summed E-state index contributed by atoms with van der Waals surface area (Å²) in [6.45, 7) is 2.58. The highest BCUT2D eigenvalue weighted by Gasteiger charge is 2.73. The molecular weight excluding hydrogens is 676 g/mol. The van der Waals surface area contributed by atoms with Gasteiger partial charge in [-0.3, -0.25) is 0 Å². The van der Waals surface area contributed by atoms with Crippen molar-refractivity contribution in [2.45, 2.75) is 150 Å². The van der Waals surface area contributed by atoms with Crippen molar-refractivity contribution < 1.29 is 79.5 Å². The van der Waals surface area contributed by atoms with E-state index in [0.29, 0.717) is 25.7 Å². The molecular formula is C35H54O16. The van der Waals surface area contributed by atoms with Gasteiger partial charge in [0.25, 0.3) is 0 Å². The van der Waals surface area contributed by atoms with Crippen LogP contribution in [0, 0.1) is 28.6 Å². The highest BCUT2D eigenvalue weighted by atomic mass is 16.7. The summed E-state index contributed by atoms with van der Waals surface area (Å²) in [4.78, 5) is 11.9. The van der Waals surface area contributed by atoms with Gasteiger partial charge in [-0.2, -0.15) is 0 Å². The summed E-state index contributed by atoms with van der Waals surface area (Å²) in [7, 11) is 0. The normalized spacial score (nSPS) is 55.7. The Hall–Kier alpha value is -1.35. The molecule has 19 atom stereocenters. The van der Waals surface area contributed by atoms with Crippen LogP contribution < -0.4 is 0 Å². The van der Waals surface area contributed by atoms with Crippen molar-refractivity contribution in [3.8, 4) is 0 Å². The maximum absolute atomic E-state index is 12.5. The zero-order valence-corrected chi connectivity index (χ0v) is 28.9. The number of hydrogen-bond donors (Lipinski definition) is 10. The van der Waals surface area contributed by atoms with E-state index in [1.54, 1.807) is 0 Å². The van der Waals surface area contributed by atoms with Crippen LogP contribution in [0.15, 0.2) is 11.6 Å². The van der Waals surface area contributed by atoms with Crippen LogP contribution in [0.3, 0.4) is 0 Å². The lowest BCUT2D eigenvalue weighted by atomic mass is 9.40. The van der Waals surface area contributed by atoms with Gasteiger partial charge >= 0.3 is 5.97 Å². The fourth-order valence-corrected chi connectivity index (χ4v) is 11.5. The molecule has 0 aromatic heterocycles. The largest absolute Gasteiger partial charge is 0.458 e. The van der Waals surface area contributed by atoms with Crippen LogP contribution in [0.2, 0.25) is 0 Å². The standard InChI is InChI=1S/C35H54O16/c1-15-29(51-31-27(43)25(41)24(40)21(12-36)50-31)26(42)28(44)30(48-15)49-17-3-6-33(14-37)23-19(4-7-34(33,45)10-17)35(46)8-5-18(16-9-22(39)47-13-16)32(35,2)11-20(23)38/h9,15,17-21,23-31,36-38,40-46H,3-8,10-14H2,1-2H3/t15-,17+,18-,19-,20-,21-,23-,24-,25-,26+,27-,28-,29-,30+,31+,32-,33+,34+,35+/m1/s1. The van der Waals surface area contributed by atoms with Crippen molar-refractivity contribution in [3.63, 3.8) is 0 Å². The number of aliphatic hydroxyl groups excluding tert-OH is 8. The maximum atomic E-state index is 12.5. The zero-order chi connectivity index (χ0) is 36.8. The molecule has 0 bridgehead atoms. The minimum Gasteiger partial charge on any atom is -0.458 e. The maximum Gasteiger partial charge on any atom is 0.331 e. The number of carbonyl (C=O) groups excluding carboxylic acids is 1. The molecule has 0 spiro atoms. The second kappa shape index (κ2) is 13.4. The van der Waals surface area contributed by atoms with Gasteiger partial charge in [0, 0.05) is 29.2 Å². The van der Waals surface area contributed by atoms with Gasteiger partial charge in [0.1, 0.15) is 49.3 Å². The topological polar surface area (TPSA) is 266 Å². The molecule has 4 aliphatic carbocycles. The summed E-state index contributed by atoms with van der Waals surface area (Å²) in [5, 5.41) is 110. The van der Waals surface area contributed by atoms with E-state index in [1.807, 2.05) is 6.92 Å². The average Bonchev–Trinajstić information content (AvgIpc) is 3.63. The molecule has 51 heavy (non-hydrogen) atoms. The monoisotopic (exact) mass is 730 g/mol. The van der Waals surface area contributed by atoms with Gasteiger partial charge < -0.3 is 74.7 Å². The molecule has 0 amide bonds.